The monoisotopic (exact) mass is 222 g/mol. The lowest BCUT2D eigenvalue weighted by molar-refractivity contribution is -0.106. The third kappa shape index (κ3) is 3.78. The number of benzene rings is 1. The van der Waals surface area contributed by atoms with Gasteiger partial charge in [-0.05, 0) is 39.8 Å². The van der Waals surface area contributed by atoms with E-state index in [2.05, 4.69) is 51.1 Å². The lowest BCUT2D eigenvalue weighted by Crippen LogP contribution is -2.48. The van der Waals surface area contributed by atoms with E-state index in [1.165, 1.54) is 32.2 Å². The van der Waals surface area contributed by atoms with E-state index in [0.29, 0.717) is 0 Å². The van der Waals surface area contributed by atoms with Crippen LogP contribution in [0.2, 0.25) is 0 Å². The van der Waals surface area contributed by atoms with Crippen molar-refractivity contribution < 1.29 is 4.79 Å². The number of carbonyl (C=O) groups is 1. The van der Waals surface area contributed by atoms with Gasteiger partial charge in [0.05, 0.1) is 19.6 Å². The van der Waals surface area contributed by atoms with Gasteiger partial charge in [-0.15, -0.1) is 0 Å². The summed E-state index contributed by atoms with van der Waals surface area (Å²) >= 11 is 0. The van der Waals surface area contributed by atoms with Crippen molar-refractivity contribution in [2.45, 2.75) is 27.7 Å². The fraction of sp³-hybridized carbons (Fsp3) is 0.500. The van der Waals surface area contributed by atoms with Crippen molar-refractivity contribution in [3.63, 3.8) is 0 Å². The predicted molar refractivity (Wildman–Crippen MR) is 71.6 cm³/mol. The number of quaternary nitrogens is 1. The van der Waals surface area contributed by atoms with E-state index < -0.39 is 0 Å². The minimum atomic E-state index is 0.750. The van der Waals surface area contributed by atoms with E-state index in [9.17, 15) is 0 Å². The van der Waals surface area contributed by atoms with Crippen molar-refractivity contribution >= 4 is 12.0 Å². The Hall–Kier alpha value is -1.15. The first-order chi connectivity index (χ1) is 7.70. The molecule has 0 saturated carbocycles. The molecule has 0 aliphatic rings. The first-order valence-electron chi connectivity index (χ1n) is 6.02. The lowest BCUT2D eigenvalue weighted by atomic mass is 10.2. The van der Waals surface area contributed by atoms with Gasteiger partial charge in [0.2, 0.25) is 0 Å². The molecule has 1 aromatic carbocycles. The largest absolute Gasteiger partial charge is 0.304 e. The number of para-hydroxylation sites is 1. The van der Waals surface area contributed by atoms with Crippen molar-refractivity contribution in [2.24, 2.45) is 0 Å². The second-order valence-corrected chi connectivity index (χ2v) is 3.67. The van der Waals surface area contributed by atoms with Gasteiger partial charge in [-0.1, -0.05) is 18.2 Å². The second-order valence-electron chi connectivity index (χ2n) is 3.67. The fourth-order valence-corrected chi connectivity index (χ4v) is 1.96. The summed E-state index contributed by atoms with van der Waals surface area (Å²) in [5.74, 6) is 0. The Labute approximate surface area is 99.5 Å². The summed E-state index contributed by atoms with van der Waals surface area (Å²) in [6.07, 6.45) is 0.750. The molecule has 0 atom stereocenters. The molecule has 0 fully saturated rings. The van der Waals surface area contributed by atoms with Crippen LogP contribution in [0.5, 0.6) is 0 Å². The number of nitrogens with zero attached hydrogens (tertiary/aromatic N) is 1. The first kappa shape index (κ1) is 14.8. The lowest BCUT2D eigenvalue weighted by Gasteiger charge is -2.35. The van der Waals surface area contributed by atoms with Crippen molar-refractivity contribution in [3.8, 4) is 0 Å². The molecule has 16 heavy (non-hydrogen) atoms. The summed E-state index contributed by atoms with van der Waals surface area (Å²) in [5, 5.41) is 0. The molecule has 1 aromatic rings. The van der Waals surface area contributed by atoms with Crippen LogP contribution in [0.1, 0.15) is 27.7 Å². The molecule has 0 spiro atoms. The van der Waals surface area contributed by atoms with Gasteiger partial charge in [0.25, 0.3) is 0 Å². The third-order valence-electron chi connectivity index (χ3n) is 3.12. The van der Waals surface area contributed by atoms with Crippen LogP contribution in [-0.4, -0.2) is 25.9 Å². The normalized spacial score (nSPS) is 10.2. The van der Waals surface area contributed by atoms with Crippen LogP contribution in [0.15, 0.2) is 30.3 Å². The van der Waals surface area contributed by atoms with Gasteiger partial charge in [0.1, 0.15) is 12.0 Å². The van der Waals surface area contributed by atoms with E-state index in [0.717, 1.165) is 10.8 Å². The topological polar surface area (TPSA) is 17.1 Å². The molecule has 1 rings (SSSR count). The highest BCUT2D eigenvalue weighted by Crippen LogP contribution is 2.21. The van der Waals surface area contributed by atoms with Gasteiger partial charge >= 0.3 is 0 Å². The van der Waals surface area contributed by atoms with Gasteiger partial charge in [-0.25, -0.2) is 0 Å². The molecule has 0 aliphatic heterocycles. The van der Waals surface area contributed by atoms with Gasteiger partial charge in [-0.3, -0.25) is 4.48 Å². The Kier molecular flexibility index (Phi) is 7.48. The van der Waals surface area contributed by atoms with Crippen molar-refractivity contribution in [3.05, 3.63) is 30.3 Å². The number of aldehydes is 1. The van der Waals surface area contributed by atoms with Crippen LogP contribution in [0.4, 0.5) is 5.69 Å². The van der Waals surface area contributed by atoms with E-state index in [1.54, 1.807) is 0 Å². The van der Waals surface area contributed by atoms with Crippen LogP contribution >= 0.6 is 0 Å². The van der Waals surface area contributed by atoms with Crippen LogP contribution < -0.4 is 4.48 Å². The smallest absolute Gasteiger partial charge is 0.132 e. The van der Waals surface area contributed by atoms with Gasteiger partial charge in [0.15, 0.2) is 0 Å². The molecule has 0 amide bonds. The van der Waals surface area contributed by atoms with Gasteiger partial charge in [0, 0.05) is 0 Å². The minimum absolute atomic E-state index is 0.750. The third-order valence-corrected chi connectivity index (χ3v) is 3.12. The van der Waals surface area contributed by atoms with Crippen molar-refractivity contribution in [2.75, 3.05) is 19.6 Å². The van der Waals surface area contributed by atoms with Crippen LogP contribution in [-0.2, 0) is 4.79 Å². The Morgan fingerprint density at radius 2 is 1.38 bits per heavy atom. The maximum absolute atomic E-state index is 8.81. The highest BCUT2D eigenvalue weighted by molar-refractivity contribution is 5.44. The highest BCUT2D eigenvalue weighted by atomic mass is 16.1. The molecule has 2 heteroatoms. The molecular weight excluding hydrogens is 198 g/mol. The number of carbonyl (C=O) groups excluding carboxylic acids is 1. The minimum Gasteiger partial charge on any atom is -0.304 e. The summed E-state index contributed by atoms with van der Waals surface area (Å²) in [6.45, 7) is 11.8. The second kappa shape index (κ2) is 8.05. The summed E-state index contributed by atoms with van der Waals surface area (Å²) in [4.78, 5) is 8.81. The average Bonchev–Trinajstić information content (AvgIpc) is 2.34. The van der Waals surface area contributed by atoms with E-state index in [4.69, 9.17) is 4.79 Å². The Balaban J connectivity index is 0.000000673. The molecule has 2 nitrogen and oxygen atoms in total. The SMILES string of the molecule is CC=O.CC[N+](CC)(CC)c1ccccc1. The zero-order valence-electron chi connectivity index (χ0n) is 10.9. The maximum Gasteiger partial charge on any atom is 0.132 e. The Bertz CT molecular complexity index is 270. The molecular formula is C14H24NO+. The standard InChI is InChI=1S/C12H20N.C2H4O/c1-4-13(5-2,6-3)12-10-8-7-9-11-12;1-2-3/h7-11H,4-6H2,1-3H3;2H,1H3/q+1;. The van der Waals surface area contributed by atoms with Crippen LogP contribution in [0.25, 0.3) is 0 Å². The Morgan fingerprint density at radius 1 is 1.00 bits per heavy atom. The summed E-state index contributed by atoms with van der Waals surface area (Å²) in [5.41, 5.74) is 1.44. The first-order valence-corrected chi connectivity index (χ1v) is 6.02. The zero-order chi connectivity index (χ0) is 12.4. The van der Waals surface area contributed by atoms with Crippen molar-refractivity contribution in [1.82, 2.24) is 4.48 Å². The van der Waals surface area contributed by atoms with Crippen molar-refractivity contribution in [1.29, 1.82) is 0 Å². The van der Waals surface area contributed by atoms with E-state index in [-0.39, 0.29) is 0 Å². The van der Waals surface area contributed by atoms with E-state index in [1.807, 2.05) is 0 Å². The quantitative estimate of drug-likeness (QED) is 0.564. The molecule has 0 aliphatic carbocycles. The molecule has 0 N–H and O–H groups in total. The number of rotatable bonds is 4. The summed E-state index contributed by atoms with van der Waals surface area (Å²) in [7, 11) is 0. The summed E-state index contributed by atoms with van der Waals surface area (Å²) in [6, 6.07) is 10.8. The maximum atomic E-state index is 8.81. The van der Waals surface area contributed by atoms with Crippen LogP contribution in [0.3, 0.4) is 0 Å². The fourth-order valence-electron chi connectivity index (χ4n) is 1.96. The van der Waals surface area contributed by atoms with Gasteiger partial charge in [-0.2, -0.15) is 0 Å². The predicted octanol–water partition coefficient (Wildman–Crippen LogP) is 3.26. The molecule has 90 valence electrons. The van der Waals surface area contributed by atoms with Gasteiger partial charge < -0.3 is 4.79 Å². The summed E-state index contributed by atoms with van der Waals surface area (Å²) < 4.78 is 1.10. The Morgan fingerprint density at radius 3 is 1.69 bits per heavy atom. The van der Waals surface area contributed by atoms with E-state index >= 15 is 0 Å². The number of hydrogen-bond donors (Lipinski definition) is 0. The molecule has 0 heterocycles. The average molecular weight is 222 g/mol. The molecule has 0 radical (unpaired) electrons. The zero-order valence-corrected chi connectivity index (χ0v) is 10.9. The number of hydrogen-bond acceptors (Lipinski definition) is 1. The molecule has 0 unspecified atom stereocenters. The highest BCUT2D eigenvalue weighted by Gasteiger charge is 2.23. The molecule has 0 bridgehead atoms. The molecule has 0 aromatic heterocycles. The van der Waals surface area contributed by atoms with Crippen LogP contribution in [0, 0.1) is 0 Å². The molecule has 0 saturated heterocycles.